The van der Waals surface area contributed by atoms with Crippen LogP contribution in [0, 0.1) is 0 Å². The molecule has 5 rings (SSSR count). The fourth-order valence-corrected chi connectivity index (χ4v) is 5.11. The van der Waals surface area contributed by atoms with E-state index in [1.54, 1.807) is 11.3 Å². The molecule has 1 N–H and O–H groups in total. The summed E-state index contributed by atoms with van der Waals surface area (Å²) in [5.41, 5.74) is 4.25. The van der Waals surface area contributed by atoms with Crippen LogP contribution in [-0.4, -0.2) is 31.9 Å². The van der Waals surface area contributed by atoms with Crippen LogP contribution in [0.15, 0.2) is 54.7 Å². The van der Waals surface area contributed by atoms with E-state index in [1.807, 2.05) is 36.0 Å². The molecule has 0 spiro atoms. The Kier molecular flexibility index (Phi) is 5.04. The first-order chi connectivity index (χ1) is 14.7. The number of carbonyl (C=O) groups is 1. The summed E-state index contributed by atoms with van der Waals surface area (Å²) in [4.78, 5) is 16.5. The molecular formula is C23H23N5OS. The van der Waals surface area contributed by atoms with Crippen molar-refractivity contribution < 1.29 is 4.79 Å². The van der Waals surface area contributed by atoms with Crippen molar-refractivity contribution in [2.75, 3.05) is 0 Å². The van der Waals surface area contributed by atoms with E-state index in [9.17, 15) is 4.79 Å². The second-order valence-corrected chi connectivity index (χ2v) is 8.74. The summed E-state index contributed by atoms with van der Waals surface area (Å²) < 4.78 is 3.22. The molecule has 0 aliphatic heterocycles. The van der Waals surface area contributed by atoms with Crippen LogP contribution in [0.5, 0.6) is 0 Å². The van der Waals surface area contributed by atoms with Crippen molar-refractivity contribution in [3.8, 4) is 21.8 Å². The number of para-hydroxylation sites is 1. The summed E-state index contributed by atoms with van der Waals surface area (Å²) in [5, 5.41) is 12.7. The largest absolute Gasteiger partial charge is 0.353 e. The van der Waals surface area contributed by atoms with Gasteiger partial charge in [0, 0.05) is 23.6 Å². The van der Waals surface area contributed by atoms with Gasteiger partial charge in [0.25, 0.3) is 0 Å². The number of rotatable bonds is 5. The van der Waals surface area contributed by atoms with Crippen molar-refractivity contribution in [1.82, 2.24) is 25.3 Å². The molecule has 2 heterocycles. The molecule has 0 radical (unpaired) electrons. The maximum atomic E-state index is 11.7. The smallest absolute Gasteiger partial charge is 0.219 e. The highest BCUT2D eigenvalue weighted by Crippen LogP contribution is 2.34. The lowest BCUT2D eigenvalue weighted by atomic mass is 10.1. The lowest BCUT2D eigenvalue weighted by Crippen LogP contribution is -2.32. The minimum absolute atomic E-state index is 0.116. The molecule has 4 aromatic rings. The molecule has 2 atom stereocenters. The highest BCUT2D eigenvalue weighted by atomic mass is 32.1. The Balaban J connectivity index is 1.36. The van der Waals surface area contributed by atoms with Gasteiger partial charge in [0.05, 0.1) is 28.1 Å². The number of fused-ring (bicyclic) bond motifs is 1. The van der Waals surface area contributed by atoms with E-state index < -0.39 is 0 Å². The summed E-state index contributed by atoms with van der Waals surface area (Å²) in [7, 11) is 0. The Morgan fingerprint density at radius 2 is 1.93 bits per heavy atom. The molecule has 6 nitrogen and oxygen atoms in total. The van der Waals surface area contributed by atoms with E-state index >= 15 is 0 Å². The summed E-state index contributed by atoms with van der Waals surface area (Å²) in [5.74, 6) is 0.116. The first-order valence-electron chi connectivity index (χ1n) is 10.4. The van der Waals surface area contributed by atoms with Crippen molar-refractivity contribution in [2.45, 2.75) is 44.7 Å². The van der Waals surface area contributed by atoms with Gasteiger partial charge < -0.3 is 5.32 Å². The van der Waals surface area contributed by atoms with Crippen LogP contribution >= 0.6 is 11.3 Å². The number of hydrogen-bond donors (Lipinski definition) is 1. The van der Waals surface area contributed by atoms with Crippen LogP contribution in [0.2, 0.25) is 0 Å². The number of benzene rings is 2. The first kappa shape index (κ1) is 18.9. The standard InChI is InChI=1S/C23H23N5OS/c1-2-22(29)25-17-11-12-18(13-17)28-20(14-24-27-28)15-7-9-16(10-8-15)23-26-19-5-3-4-6-21(19)30-23/h3-10,14,17-18H,2,11-13H2,1H3,(H,25,29). The van der Waals surface area contributed by atoms with Gasteiger partial charge in [-0.3, -0.25) is 4.79 Å². The topological polar surface area (TPSA) is 72.7 Å². The Labute approximate surface area is 179 Å². The second-order valence-electron chi connectivity index (χ2n) is 7.71. The van der Waals surface area contributed by atoms with E-state index in [2.05, 4.69) is 46.0 Å². The van der Waals surface area contributed by atoms with Gasteiger partial charge in [0.1, 0.15) is 5.01 Å². The van der Waals surface area contributed by atoms with E-state index in [0.717, 1.165) is 46.6 Å². The molecule has 2 aromatic heterocycles. The molecule has 1 fully saturated rings. The van der Waals surface area contributed by atoms with Crippen molar-refractivity contribution in [3.05, 3.63) is 54.7 Å². The molecule has 0 bridgehead atoms. The summed E-state index contributed by atoms with van der Waals surface area (Å²) in [6, 6.07) is 17.1. The molecule has 2 unspecified atom stereocenters. The fraction of sp³-hybridized carbons (Fsp3) is 0.304. The monoisotopic (exact) mass is 417 g/mol. The molecule has 0 saturated heterocycles. The number of hydrogen-bond acceptors (Lipinski definition) is 5. The van der Waals surface area contributed by atoms with Gasteiger partial charge in [-0.15, -0.1) is 16.4 Å². The Hall–Kier alpha value is -3.06. The minimum Gasteiger partial charge on any atom is -0.353 e. The summed E-state index contributed by atoms with van der Waals surface area (Å²) in [6.45, 7) is 1.88. The predicted octanol–water partition coefficient (Wildman–Crippen LogP) is 4.84. The Bertz CT molecular complexity index is 1150. The highest BCUT2D eigenvalue weighted by Gasteiger charge is 2.29. The minimum atomic E-state index is 0.116. The molecule has 152 valence electrons. The number of amides is 1. The second kappa shape index (κ2) is 7.99. The molecule has 2 aromatic carbocycles. The van der Waals surface area contributed by atoms with Gasteiger partial charge in [-0.2, -0.15) is 0 Å². The quantitative estimate of drug-likeness (QED) is 0.504. The van der Waals surface area contributed by atoms with Gasteiger partial charge in [0.15, 0.2) is 0 Å². The number of nitrogens with zero attached hydrogens (tertiary/aromatic N) is 4. The van der Waals surface area contributed by atoms with E-state index in [4.69, 9.17) is 4.98 Å². The van der Waals surface area contributed by atoms with Crippen LogP contribution in [0.4, 0.5) is 0 Å². The molecule has 1 saturated carbocycles. The molecule has 1 aliphatic rings. The van der Waals surface area contributed by atoms with Gasteiger partial charge in [0.2, 0.25) is 5.91 Å². The van der Waals surface area contributed by atoms with Crippen LogP contribution in [-0.2, 0) is 4.79 Å². The van der Waals surface area contributed by atoms with Crippen molar-refractivity contribution in [1.29, 1.82) is 0 Å². The van der Waals surface area contributed by atoms with Gasteiger partial charge in [-0.1, -0.05) is 48.5 Å². The van der Waals surface area contributed by atoms with Gasteiger partial charge in [-0.25, -0.2) is 9.67 Å². The number of nitrogens with one attached hydrogen (secondary N) is 1. The third-order valence-electron chi connectivity index (χ3n) is 5.73. The zero-order valence-electron chi connectivity index (χ0n) is 16.8. The van der Waals surface area contributed by atoms with Crippen LogP contribution in [0.25, 0.3) is 32.0 Å². The fourth-order valence-electron chi connectivity index (χ4n) is 4.14. The molecular weight excluding hydrogens is 394 g/mol. The average molecular weight is 418 g/mol. The van der Waals surface area contributed by atoms with Crippen molar-refractivity contribution in [3.63, 3.8) is 0 Å². The third-order valence-corrected chi connectivity index (χ3v) is 6.82. The highest BCUT2D eigenvalue weighted by molar-refractivity contribution is 7.21. The molecule has 7 heteroatoms. The van der Waals surface area contributed by atoms with E-state index in [1.165, 1.54) is 4.70 Å². The van der Waals surface area contributed by atoms with Gasteiger partial charge in [-0.05, 0) is 31.4 Å². The SMILES string of the molecule is CCC(=O)NC1CCC(n2nncc2-c2ccc(-c3nc4ccccc4s3)cc2)C1. The van der Waals surface area contributed by atoms with E-state index in [0.29, 0.717) is 6.42 Å². The van der Waals surface area contributed by atoms with Crippen LogP contribution < -0.4 is 5.32 Å². The summed E-state index contributed by atoms with van der Waals surface area (Å²) in [6.07, 6.45) is 5.22. The summed E-state index contributed by atoms with van der Waals surface area (Å²) >= 11 is 1.71. The zero-order chi connectivity index (χ0) is 20.5. The molecule has 30 heavy (non-hydrogen) atoms. The van der Waals surface area contributed by atoms with Gasteiger partial charge >= 0.3 is 0 Å². The lowest BCUT2D eigenvalue weighted by molar-refractivity contribution is -0.121. The third kappa shape index (κ3) is 3.61. The number of thiazole rings is 1. The van der Waals surface area contributed by atoms with E-state index in [-0.39, 0.29) is 18.0 Å². The average Bonchev–Trinajstić information content (AvgIpc) is 3.52. The molecule has 1 amide bonds. The first-order valence-corrected chi connectivity index (χ1v) is 11.2. The van der Waals surface area contributed by atoms with Crippen LogP contribution in [0.1, 0.15) is 38.6 Å². The maximum absolute atomic E-state index is 11.7. The molecule has 1 aliphatic carbocycles. The normalized spacial score (nSPS) is 18.7. The van der Waals surface area contributed by atoms with Crippen LogP contribution in [0.3, 0.4) is 0 Å². The predicted molar refractivity (Wildman–Crippen MR) is 119 cm³/mol. The lowest BCUT2D eigenvalue weighted by Gasteiger charge is -2.15. The zero-order valence-corrected chi connectivity index (χ0v) is 17.6. The Morgan fingerprint density at radius 1 is 1.13 bits per heavy atom. The number of carbonyl (C=O) groups excluding carboxylic acids is 1. The number of aromatic nitrogens is 4. The Morgan fingerprint density at radius 3 is 2.73 bits per heavy atom. The van der Waals surface area contributed by atoms with Crippen molar-refractivity contribution in [2.24, 2.45) is 0 Å². The maximum Gasteiger partial charge on any atom is 0.219 e. The van der Waals surface area contributed by atoms with Crippen molar-refractivity contribution >= 4 is 27.5 Å².